The molecule has 1 rings (SSSR count). The summed E-state index contributed by atoms with van der Waals surface area (Å²) in [5.41, 5.74) is 5.32. The Morgan fingerprint density at radius 2 is 1.76 bits per heavy atom. The smallest absolute Gasteiger partial charge is 0.186 e. The molecule has 5 unspecified atom stereocenters. The molecule has 1 heterocycles. The van der Waals surface area contributed by atoms with Gasteiger partial charge in [0.2, 0.25) is 0 Å². The lowest BCUT2D eigenvalue weighted by atomic mass is 9.99. The Kier molecular flexibility index (Phi) is 6.28. The molecule has 1 fully saturated rings. The van der Waals surface area contributed by atoms with Crippen LogP contribution in [0, 0.1) is 0 Å². The molecule has 0 spiro atoms. The van der Waals surface area contributed by atoms with Crippen LogP contribution in [0.5, 0.6) is 0 Å². The third kappa shape index (κ3) is 3.85. The molecule has 6 N–H and O–H groups in total. The second-order valence-corrected chi connectivity index (χ2v) is 4.06. The van der Waals surface area contributed by atoms with Crippen LogP contribution in [0.15, 0.2) is 0 Å². The van der Waals surface area contributed by atoms with Gasteiger partial charge < -0.3 is 35.6 Å². The van der Waals surface area contributed by atoms with E-state index in [1.807, 2.05) is 0 Å². The number of nitrogens with two attached hydrogens (primary N) is 1. The van der Waals surface area contributed by atoms with Crippen molar-refractivity contribution in [2.75, 3.05) is 19.8 Å². The summed E-state index contributed by atoms with van der Waals surface area (Å²) in [6.07, 6.45) is -4.52. The van der Waals surface area contributed by atoms with Gasteiger partial charge in [-0.15, -0.1) is 0 Å². The summed E-state index contributed by atoms with van der Waals surface area (Å²) in [5.74, 6) is 0. The zero-order valence-corrected chi connectivity index (χ0v) is 9.60. The molecule has 0 saturated carbocycles. The summed E-state index contributed by atoms with van der Waals surface area (Å²) in [6, 6.07) is 0. The van der Waals surface area contributed by atoms with E-state index in [1.165, 1.54) is 0 Å². The number of rotatable bonds is 6. The molecular formula is C10H21NO6. The predicted molar refractivity (Wildman–Crippen MR) is 58.0 cm³/mol. The van der Waals surface area contributed by atoms with E-state index in [1.54, 1.807) is 0 Å². The average Bonchev–Trinajstić information content (AvgIpc) is 2.34. The first-order valence-corrected chi connectivity index (χ1v) is 5.74. The van der Waals surface area contributed by atoms with Gasteiger partial charge in [0.1, 0.15) is 24.4 Å². The second-order valence-electron chi connectivity index (χ2n) is 4.06. The molecule has 1 saturated heterocycles. The zero-order chi connectivity index (χ0) is 12.8. The van der Waals surface area contributed by atoms with Crippen molar-refractivity contribution in [2.24, 2.45) is 5.73 Å². The fourth-order valence-electron chi connectivity index (χ4n) is 1.65. The van der Waals surface area contributed by atoms with Crippen LogP contribution < -0.4 is 5.73 Å². The number of hydrogen-bond donors (Lipinski definition) is 5. The van der Waals surface area contributed by atoms with Gasteiger partial charge in [-0.05, 0) is 19.4 Å². The first-order chi connectivity index (χ1) is 8.11. The number of unbranched alkanes of at least 4 members (excludes halogenated alkanes) is 1. The minimum atomic E-state index is -1.39. The van der Waals surface area contributed by atoms with E-state index in [2.05, 4.69) is 0 Å². The third-order valence-corrected chi connectivity index (χ3v) is 2.73. The van der Waals surface area contributed by atoms with Crippen molar-refractivity contribution in [2.45, 2.75) is 43.5 Å². The Labute approximate surface area is 99.8 Å². The average molecular weight is 251 g/mol. The molecule has 17 heavy (non-hydrogen) atoms. The number of aliphatic hydroxyl groups excluding tert-OH is 4. The van der Waals surface area contributed by atoms with E-state index in [0.29, 0.717) is 19.6 Å². The maximum atomic E-state index is 9.61. The standard InChI is InChI=1S/C10H21NO6/c11-3-1-2-4-16-10-9(15)8(14)7(13)6(5-12)17-10/h6-10,12-15H,1-5,11H2. The third-order valence-electron chi connectivity index (χ3n) is 2.73. The number of hydrogen-bond acceptors (Lipinski definition) is 7. The van der Waals surface area contributed by atoms with Crippen molar-refractivity contribution in [1.29, 1.82) is 0 Å². The van der Waals surface area contributed by atoms with E-state index < -0.39 is 37.3 Å². The van der Waals surface area contributed by atoms with Gasteiger partial charge in [0, 0.05) is 6.61 Å². The Morgan fingerprint density at radius 1 is 1.06 bits per heavy atom. The Hall–Kier alpha value is -0.280. The van der Waals surface area contributed by atoms with E-state index in [4.69, 9.17) is 20.3 Å². The maximum absolute atomic E-state index is 9.61. The molecule has 102 valence electrons. The minimum absolute atomic E-state index is 0.333. The van der Waals surface area contributed by atoms with Gasteiger partial charge in [0.15, 0.2) is 6.29 Å². The van der Waals surface area contributed by atoms with Crippen molar-refractivity contribution in [1.82, 2.24) is 0 Å². The van der Waals surface area contributed by atoms with Crippen molar-refractivity contribution >= 4 is 0 Å². The molecule has 0 aromatic carbocycles. The van der Waals surface area contributed by atoms with Gasteiger partial charge in [-0.2, -0.15) is 0 Å². The topological polar surface area (TPSA) is 125 Å². The first kappa shape index (κ1) is 14.8. The quantitative estimate of drug-likeness (QED) is 0.331. The highest BCUT2D eigenvalue weighted by molar-refractivity contribution is 4.88. The number of ether oxygens (including phenoxy) is 2. The molecule has 7 nitrogen and oxygen atoms in total. The molecule has 5 atom stereocenters. The molecule has 0 aliphatic carbocycles. The summed E-state index contributed by atoms with van der Waals surface area (Å²) in [7, 11) is 0. The van der Waals surface area contributed by atoms with Crippen LogP contribution in [-0.4, -0.2) is 70.9 Å². The molecule has 1 aliphatic rings. The van der Waals surface area contributed by atoms with Crippen LogP contribution in [0.25, 0.3) is 0 Å². The molecule has 7 heteroatoms. The highest BCUT2D eigenvalue weighted by Gasteiger charge is 2.43. The predicted octanol–water partition coefficient (Wildman–Crippen LogP) is -2.46. The largest absolute Gasteiger partial charge is 0.394 e. The molecule has 0 aromatic heterocycles. The lowest BCUT2D eigenvalue weighted by Gasteiger charge is -2.39. The highest BCUT2D eigenvalue weighted by Crippen LogP contribution is 2.21. The summed E-state index contributed by atoms with van der Waals surface area (Å²) >= 11 is 0. The Balaban J connectivity index is 2.42. The maximum Gasteiger partial charge on any atom is 0.186 e. The van der Waals surface area contributed by atoms with Gasteiger partial charge in [0.25, 0.3) is 0 Å². The van der Waals surface area contributed by atoms with E-state index in [9.17, 15) is 15.3 Å². The van der Waals surface area contributed by atoms with Gasteiger partial charge in [-0.3, -0.25) is 0 Å². The first-order valence-electron chi connectivity index (χ1n) is 5.74. The van der Waals surface area contributed by atoms with Gasteiger partial charge >= 0.3 is 0 Å². The fourth-order valence-corrected chi connectivity index (χ4v) is 1.65. The van der Waals surface area contributed by atoms with Crippen molar-refractivity contribution in [3.63, 3.8) is 0 Å². The molecule has 0 bridgehead atoms. The molecule has 0 amide bonds. The number of aliphatic hydroxyl groups is 4. The summed E-state index contributed by atoms with van der Waals surface area (Å²) in [5, 5.41) is 37.6. The lowest BCUT2D eigenvalue weighted by molar-refractivity contribution is -0.301. The van der Waals surface area contributed by atoms with Gasteiger partial charge in [0.05, 0.1) is 6.61 Å². The normalized spacial score (nSPS) is 38.3. The molecule has 0 aromatic rings. The molecule has 0 radical (unpaired) electrons. The van der Waals surface area contributed by atoms with Crippen LogP contribution in [-0.2, 0) is 9.47 Å². The van der Waals surface area contributed by atoms with Crippen LogP contribution in [0.2, 0.25) is 0 Å². The van der Waals surface area contributed by atoms with Crippen molar-refractivity contribution in [3.8, 4) is 0 Å². The van der Waals surface area contributed by atoms with Gasteiger partial charge in [-0.1, -0.05) is 0 Å². The van der Waals surface area contributed by atoms with Crippen LogP contribution in [0.4, 0.5) is 0 Å². The molecular weight excluding hydrogens is 230 g/mol. The fraction of sp³-hybridized carbons (Fsp3) is 1.00. The zero-order valence-electron chi connectivity index (χ0n) is 9.60. The van der Waals surface area contributed by atoms with Crippen LogP contribution >= 0.6 is 0 Å². The van der Waals surface area contributed by atoms with Gasteiger partial charge in [-0.25, -0.2) is 0 Å². The van der Waals surface area contributed by atoms with Crippen LogP contribution in [0.1, 0.15) is 12.8 Å². The van der Waals surface area contributed by atoms with Crippen molar-refractivity contribution < 1.29 is 29.9 Å². The molecule has 1 aliphatic heterocycles. The Bertz CT molecular complexity index is 215. The minimum Gasteiger partial charge on any atom is -0.394 e. The SMILES string of the molecule is NCCCCOC1OC(CO)C(O)C(O)C1O. The van der Waals surface area contributed by atoms with E-state index in [-0.39, 0.29) is 0 Å². The van der Waals surface area contributed by atoms with E-state index >= 15 is 0 Å². The van der Waals surface area contributed by atoms with Crippen molar-refractivity contribution in [3.05, 3.63) is 0 Å². The summed E-state index contributed by atoms with van der Waals surface area (Å²) in [6.45, 7) is 0.436. The van der Waals surface area contributed by atoms with Crippen LogP contribution in [0.3, 0.4) is 0 Å². The Morgan fingerprint density at radius 3 is 2.35 bits per heavy atom. The highest BCUT2D eigenvalue weighted by atomic mass is 16.7. The lowest BCUT2D eigenvalue weighted by Crippen LogP contribution is -2.59. The monoisotopic (exact) mass is 251 g/mol. The summed E-state index contributed by atoms with van der Waals surface area (Å²) < 4.78 is 10.4. The summed E-state index contributed by atoms with van der Waals surface area (Å²) in [4.78, 5) is 0. The van der Waals surface area contributed by atoms with E-state index in [0.717, 1.165) is 6.42 Å². The second kappa shape index (κ2) is 7.22.